The molecule has 0 radical (unpaired) electrons. The number of nitrogens with one attached hydrogen (secondary N) is 2. The van der Waals surface area contributed by atoms with Crippen LogP contribution in [0.4, 0.5) is 0 Å². The van der Waals surface area contributed by atoms with Crippen molar-refractivity contribution in [1.29, 1.82) is 0 Å². The van der Waals surface area contributed by atoms with Crippen molar-refractivity contribution < 1.29 is 18.7 Å². The van der Waals surface area contributed by atoms with E-state index in [1.807, 2.05) is 25.1 Å². The average Bonchev–Trinajstić information content (AvgIpc) is 3.37. The number of rotatable bonds is 6. The van der Waals surface area contributed by atoms with Crippen LogP contribution in [0.2, 0.25) is 0 Å². The van der Waals surface area contributed by atoms with Crippen molar-refractivity contribution >= 4 is 17.7 Å². The van der Waals surface area contributed by atoms with Crippen LogP contribution in [0.3, 0.4) is 0 Å². The minimum atomic E-state index is -0.153. The topological polar surface area (TPSA) is 102 Å². The number of furan rings is 1. The minimum Gasteiger partial charge on any atom is -0.486 e. The van der Waals surface area contributed by atoms with Crippen molar-refractivity contribution in [3.63, 3.8) is 0 Å². The minimum absolute atomic E-state index is 0.105. The molecule has 0 fully saturated rings. The quantitative estimate of drug-likeness (QED) is 0.628. The third kappa shape index (κ3) is 4.08. The fraction of sp³-hybridized carbons (Fsp3) is 0.278. The van der Waals surface area contributed by atoms with Gasteiger partial charge in [-0.2, -0.15) is 4.98 Å². The predicted molar refractivity (Wildman–Crippen MR) is 98.8 cm³/mol. The van der Waals surface area contributed by atoms with Gasteiger partial charge in [0.25, 0.3) is 0 Å². The Morgan fingerprint density at radius 3 is 2.96 bits per heavy atom. The van der Waals surface area contributed by atoms with Gasteiger partial charge in [-0.05, 0) is 36.8 Å². The number of fused-ring (bicyclic) bond motifs is 1. The largest absolute Gasteiger partial charge is 0.486 e. The first kappa shape index (κ1) is 17.5. The zero-order valence-electron chi connectivity index (χ0n) is 14.6. The predicted octanol–water partition coefficient (Wildman–Crippen LogP) is 2.81. The molecule has 0 saturated carbocycles. The van der Waals surface area contributed by atoms with E-state index in [9.17, 15) is 4.79 Å². The molecule has 0 aliphatic carbocycles. The van der Waals surface area contributed by atoms with Gasteiger partial charge in [0.1, 0.15) is 13.2 Å². The molecule has 27 heavy (non-hydrogen) atoms. The maximum Gasteiger partial charge on any atom is 0.230 e. The van der Waals surface area contributed by atoms with Gasteiger partial charge in [-0.3, -0.25) is 9.89 Å². The molecule has 3 heterocycles. The molecule has 2 aromatic heterocycles. The first-order valence-electron chi connectivity index (χ1n) is 8.47. The van der Waals surface area contributed by atoms with E-state index in [1.54, 1.807) is 18.4 Å². The van der Waals surface area contributed by atoms with Crippen LogP contribution < -0.4 is 14.8 Å². The first-order chi connectivity index (χ1) is 13.2. The zero-order valence-corrected chi connectivity index (χ0v) is 15.4. The Bertz CT molecular complexity index is 925. The molecule has 4 rings (SSSR count). The van der Waals surface area contributed by atoms with Gasteiger partial charge in [0.05, 0.1) is 18.1 Å². The first-order valence-corrected chi connectivity index (χ1v) is 9.45. The number of hydrogen-bond donors (Lipinski definition) is 2. The number of carbonyl (C=O) groups is 1. The number of ether oxygens (including phenoxy) is 2. The summed E-state index contributed by atoms with van der Waals surface area (Å²) in [7, 11) is 0. The van der Waals surface area contributed by atoms with E-state index in [-0.39, 0.29) is 17.7 Å². The van der Waals surface area contributed by atoms with Crippen molar-refractivity contribution in [2.45, 2.75) is 18.1 Å². The molecule has 1 aromatic carbocycles. The molecule has 2 N–H and O–H groups in total. The van der Waals surface area contributed by atoms with Crippen molar-refractivity contribution in [3.8, 4) is 23.1 Å². The molecule has 1 atom stereocenters. The number of benzene rings is 1. The van der Waals surface area contributed by atoms with Gasteiger partial charge in [0.2, 0.25) is 11.1 Å². The number of hydrogen-bond acceptors (Lipinski definition) is 7. The van der Waals surface area contributed by atoms with Gasteiger partial charge in [0, 0.05) is 0 Å². The van der Waals surface area contributed by atoms with E-state index in [0.717, 1.165) is 11.3 Å². The highest BCUT2D eigenvalue weighted by Crippen LogP contribution is 2.32. The van der Waals surface area contributed by atoms with E-state index in [2.05, 4.69) is 20.5 Å². The van der Waals surface area contributed by atoms with Crippen molar-refractivity contribution in [2.24, 2.45) is 0 Å². The maximum absolute atomic E-state index is 12.3. The summed E-state index contributed by atoms with van der Waals surface area (Å²) < 4.78 is 16.4. The molecule has 1 aliphatic heterocycles. The molecule has 9 heteroatoms. The van der Waals surface area contributed by atoms with Crippen molar-refractivity contribution in [1.82, 2.24) is 20.5 Å². The van der Waals surface area contributed by atoms with Crippen LogP contribution in [0.5, 0.6) is 11.5 Å². The van der Waals surface area contributed by atoms with E-state index >= 15 is 0 Å². The highest BCUT2D eigenvalue weighted by Gasteiger charge is 2.16. The molecular formula is C18H18N4O4S. The number of carbonyl (C=O) groups excluding carboxylic acids is 1. The smallest absolute Gasteiger partial charge is 0.230 e. The Balaban J connectivity index is 1.31. The second-order valence-corrected chi connectivity index (χ2v) is 6.87. The molecule has 8 nitrogen and oxygen atoms in total. The van der Waals surface area contributed by atoms with E-state index in [4.69, 9.17) is 13.9 Å². The summed E-state index contributed by atoms with van der Waals surface area (Å²) in [4.78, 5) is 16.6. The highest BCUT2D eigenvalue weighted by atomic mass is 32.2. The van der Waals surface area contributed by atoms with Gasteiger partial charge in [-0.25, -0.2) is 0 Å². The van der Waals surface area contributed by atoms with Crippen LogP contribution in [0, 0.1) is 0 Å². The average molecular weight is 386 g/mol. The normalized spacial score (nSPS) is 14.0. The fourth-order valence-corrected chi connectivity index (χ4v) is 3.27. The number of aromatic amines is 1. The van der Waals surface area contributed by atoms with Crippen LogP contribution in [0.15, 0.2) is 46.2 Å². The zero-order chi connectivity index (χ0) is 18.6. The fourth-order valence-electron chi connectivity index (χ4n) is 2.66. The van der Waals surface area contributed by atoms with Gasteiger partial charge >= 0.3 is 0 Å². The van der Waals surface area contributed by atoms with Gasteiger partial charge in [0.15, 0.2) is 23.1 Å². The van der Waals surface area contributed by atoms with Crippen LogP contribution in [0.25, 0.3) is 11.6 Å². The molecule has 0 spiro atoms. The lowest BCUT2D eigenvalue weighted by Crippen LogP contribution is -2.28. The summed E-state index contributed by atoms with van der Waals surface area (Å²) >= 11 is 1.25. The Labute approximate surface area is 159 Å². The molecule has 140 valence electrons. The Hall–Kier alpha value is -2.94. The molecule has 0 saturated heterocycles. The highest BCUT2D eigenvalue weighted by molar-refractivity contribution is 7.99. The molecule has 0 bridgehead atoms. The van der Waals surface area contributed by atoms with Gasteiger partial charge in [-0.15, -0.1) is 5.10 Å². The maximum atomic E-state index is 12.3. The third-order valence-corrected chi connectivity index (χ3v) is 4.84. The molecule has 3 aromatic rings. The number of aromatic nitrogens is 3. The van der Waals surface area contributed by atoms with Crippen LogP contribution >= 0.6 is 11.8 Å². The third-order valence-electron chi connectivity index (χ3n) is 4.00. The van der Waals surface area contributed by atoms with E-state index < -0.39 is 0 Å². The summed E-state index contributed by atoms with van der Waals surface area (Å²) in [5.41, 5.74) is 0.954. The van der Waals surface area contributed by atoms with Crippen LogP contribution in [0.1, 0.15) is 18.5 Å². The molecule has 1 amide bonds. The lowest BCUT2D eigenvalue weighted by molar-refractivity contribution is -0.119. The molecule has 0 unspecified atom stereocenters. The van der Waals surface area contributed by atoms with Gasteiger partial charge < -0.3 is 19.2 Å². The summed E-state index contributed by atoms with van der Waals surface area (Å²) in [6.07, 6.45) is 1.57. The van der Waals surface area contributed by atoms with Gasteiger partial charge in [-0.1, -0.05) is 17.8 Å². The molecular weight excluding hydrogens is 368 g/mol. The lowest BCUT2D eigenvalue weighted by Gasteiger charge is -2.21. The Morgan fingerprint density at radius 1 is 1.30 bits per heavy atom. The van der Waals surface area contributed by atoms with E-state index in [1.165, 1.54) is 11.8 Å². The van der Waals surface area contributed by atoms with Crippen molar-refractivity contribution in [3.05, 3.63) is 42.2 Å². The Morgan fingerprint density at radius 2 is 2.15 bits per heavy atom. The number of nitrogens with zero attached hydrogens (tertiary/aromatic N) is 2. The number of amides is 1. The van der Waals surface area contributed by atoms with E-state index in [0.29, 0.717) is 35.7 Å². The van der Waals surface area contributed by atoms with Crippen LogP contribution in [-0.4, -0.2) is 40.1 Å². The molecule has 1 aliphatic rings. The monoisotopic (exact) mass is 386 g/mol. The second kappa shape index (κ2) is 7.75. The summed E-state index contributed by atoms with van der Waals surface area (Å²) in [5, 5.41) is 10.3. The SMILES string of the molecule is C[C@H](NC(=O)CSc1n[nH]c(-c2ccco2)n1)c1ccc2c(c1)OCCO2. The Kier molecular flexibility index (Phi) is 5.01. The number of thioether (sulfide) groups is 1. The summed E-state index contributed by atoms with van der Waals surface area (Å²) in [6.45, 7) is 3.01. The van der Waals surface area contributed by atoms with Crippen LogP contribution in [-0.2, 0) is 4.79 Å². The standard InChI is InChI=1S/C18H18N4O4S/c1-11(12-4-5-13-15(9-12)26-8-7-25-13)19-16(23)10-27-18-20-17(21-22-18)14-3-2-6-24-14/h2-6,9,11H,7-8,10H2,1H3,(H,19,23)(H,20,21,22)/t11-/m0/s1. The lowest BCUT2D eigenvalue weighted by atomic mass is 10.1. The number of H-pyrrole nitrogens is 1. The second-order valence-electron chi connectivity index (χ2n) is 5.92. The summed E-state index contributed by atoms with van der Waals surface area (Å²) in [5.74, 6) is 2.69. The summed E-state index contributed by atoms with van der Waals surface area (Å²) in [6, 6.07) is 9.10. The van der Waals surface area contributed by atoms with Crippen molar-refractivity contribution in [2.75, 3.05) is 19.0 Å².